The van der Waals surface area contributed by atoms with Gasteiger partial charge in [-0.05, 0) is 43.7 Å². The molecule has 0 bridgehead atoms. The van der Waals surface area contributed by atoms with Gasteiger partial charge in [0.1, 0.15) is 13.2 Å². The van der Waals surface area contributed by atoms with E-state index in [2.05, 4.69) is 6.92 Å². The Labute approximate surface area is 327 Å². The highest BCUT2D eigenvalue weighted by Crippen LogP contribution is 2.51. The van der Waals surface area contributed by atoms with E-state index in [-0.39, 0.29) is 45.4 Å². The van der Waals surface area contributed by atoms with Crippen molar-refractivity contribution in [3.05, 3.63) is 71.8 Å². The summed E-state index contributed by atoms with van der Waals surface area (Å²) >= 11 is 0. The van der Waals surface area contributed by atoms with Crippen LogP contribution in [0.5, 0.6) is 0 Å². The van der Waals surface area contributed by atoms with Crippen LogP contribution in [0.4, 0.5) is 0 Å². The summed E-state index contributed by atoms with van der Waals surface area (Å²) in [5.41, 5.74) is 1.69. The van der Waals surface area contributed by atoms with E-state index in [0.717, 1.165) is 17.5 Å². The molecule has 0 N–H and O–H groups in total. The SMILES string of the molecule is CCCCCCCCCCCCCCCCOCCCOP(=O)(CC(CCC(=O)OCc1ccccc1)C(=O)OCc1ccccc1)OCCCOCC. The van der Waals surface area contributed by atoms with Crippen LogP contribution in [-0.4, -0.2) is 57.7 Å². The van der Waals surface area contributed by atoms with Gasteiger partial charge in [0, 0.05) is 32.8 Å². The zero-order valence-corrected chi connectivity index (χ0v) is 34.5. The first kappa shape index (κ1) is 47.6. The molecule has 0 heterocycles. The highest BCUT2D eigenvalue weighted by atomic mass is 31.2. The second-order valence-corrected chi connectivity index (χ2v) is 16.2. The van der Waals surface area contributed by atoms with Gasteiger partial charge in [0.25, 0.3) is 0 Å². The number of hydrogen-bond acceptors (Lipinski definition) is 9. The van der Waals surface area contributed by atoms with E-state index in [9.17, 15) is 14.2 Å². The molecule has 0 aliphatic rings. The summed E-state index contributed by atoms with van der Waals surface area (Å²) in [4.78, 5) is 26.1. The number of rotatable bonds is 36. The van der Waals surface area contributed by atoms with Gasteiger partial charge in [-0.15, -0.1) is 0 Å². The number of hydrogen-bond donors (Lipinski definition) is 0. The minimum absolute atomic E-state index is 0.0463. The highest BCUT2D eigenvalue weighted by molar-refractivity contribution is 7.53. The Bertz CT molecular complexity index is 1230. The van der Waals surface area contributed by atoms with Crippen LogP contribution in [0.3, 0.4) is 0 Å². The Kier molecular flexibility index (Phi) is 28.8. The Morgan fingerprint density at radius 1 is 0.556 bits per heavy atom. The van der Waals surface area contributed by atoms with Crippen molar-refractivity contribution in [3.8, 4) is 0 Å². The number of ether oxygens (including phenoxy) is 4. The minimum atomic E-state index is -3.75. The molecule has 2 aromatic rings. The van der Waals surface area contributed by atoms with E-state index in [4.69, 9.17) is 28.0 Å². The third-order valence-electron chi connectivity index (χ3n) is 9.23. The molecule has 0 saturated heterocycles. The fourth-order valence-electron chi connectivity index (χ4n) is 6.02. The van der Waals surface area contributed by atoms with Crippen LogP contribution >= 0.6 is 7.60 Å². The van der Waals surface area contributed by atoms with E-state index in [1.165, 1.54) is 83.5 Å². The Morgan fingerprint density at radius 3 is 1.54 bits per heavy atom. The van der Waals surface area contributed by atoms with Gasteiger partial charge in [0.2, 0.25) is 0 Å². The second-order valence-electron chi connectivity index (χ2n) is 14.0. The van der Waals surface area contributed by atoms with Gasteiger partial charge in [-0.25, -0.2) is 0 Å². The molecule has 0 fully saturated rings. The van der Waals surface area contributed by atoms with Gasteiger partial charge in [0.05, 0.1) is 25.3 Å². The number of unbranched alkanes of at least 4 members (excludes halogenated alkanes) is 13. The quantitative estimate of drug-likeness (QED) is 0.0380. The first-order valence-corrected chi connectivity index (χ1v) is 22.6. The van der Waals surface area contributed by atoms with E-state index >= 15 is 0 Å². The molecule has 0 amide bonds. The average molecular weight is 775 g/mol. The predicted octanol–water partition coefficient (Wildman–Crippen LogP) is 11.4. The van der Waals surface area contributed by atoms with Gasteiger partial charge in [-0.2, -0.15) is 0 Å². The topological polar surface area (TPSA) is 107 Å². The number of carbonyl (C=O) groups is 2. The van der Waals surface area contributed by atoms with Crippen molar-refractivity contribution in [2.24, 2.45) is 5.92 Å². The molecule has 0 aromatic heterocycles. The molecule has 0 aliphatic heterocycles. The smallest absolute Gasteiger partial charge is 0.331 e. The van der Waals surface area contributed by atoms with Gasteiger partial charge < -0.3 is 28.0 Å². The van der Waals surface area contributed by atoms with E-state index in [1.54, 1.807) is 0 Å². The first-order valence-electron chi connectivity index (χ1n) is 20.9. The van der Waals surface area contributed by atoms with Crippen molar-refractivity contribution >= 4 is 19.5 Å². The van der Waals surface area contributed by atoms with Crippen molar-refractivity contribution in [3.63, 3.8) is 0 Å². The van der Waals surface area contributed by atoms with E-state index in [1.807, 2.05) is 67.6 Å². The van der Waals surface area contributed by atoms with Crippen molar-refractivity contribution in [1.29, 1.82) is 0 Å². The lowest BCUT2D eigenvalue weighted by Crippen LogP contribution is -2.24. The van der Waals surface area contributed by atoms with Crippen molar-refractivity contribution in [2.75, 3.05) is 45.8 Å². The summed E-state index contributed by atoms with van der Waals surface area (Å²) in [6.45, 7) is 6.89. The Balaban J connectivity index is 1.78. The van der Waals surface area contributed by atoms with Crippen molar-refractivity contribution in [1.82, 2.24) is 0 Å². The summed E-state index contributed by atoms with van der Waals surface area (Å²) in [5, 5.41) is 0. The lowest BCUT2D eigenvalue weighted by atomic mass is 10.0. The van der Waals surface area contributed by atoms with Crippen molar-refractivity contribution in [2.45, 2.75) is 143 Å². The summed E-state index contributed by atoms with van der Waals surface area (Å²) in [5.74, 6) is -1.91. The summed E-state index contributed by atoms with van der Waals surface area (Å²) < 4.78 is 48.2. The second kappa shape index (κ2) is 32.7. The maximum atomic E-state index is 14.1. The lowest BCUT2D eigenvalue weighted by Gasteiger charge is -2.23. The summed E-state index contributed by atoms with van der Waals surface area (Å²) in [6.07, 6.45) is 19.3. The molecule has 0 radical (unpaired) electrons. The molecule has 0 spiro atoms. The van der Waals surface area contributed by atoms with Gasteiger partial charge in [-0.3, -0.25) is 14.2 Å². The van der Waals surface area contributed by atoms with Gasteiger partial charge >= 0.3 is 19.5 Å². The molecule has 2 unspecified atom stereocenters. The van der Waals surface area contributed by atoms with Gasteiger partial charge in [0.15, 0.2) is 0 Å². The predicted molar refractivity (Wildman–Crippen MR) is 216 cm³/mol. The van der Waals surface area contributed by atoms with Crippen LogP contribution in [0.2, 0.25) is 0 Å². The Hall–Kier alpha value is -2.55. The lowest BCUT2D eigenvalue weighted by molar-refractivity contribution is -0.150. The largest absolute Gasteiger partial charge is 0.461 e. The molecular formula is C44H71O9P. The molecule has 10 heteroatoms. The van der Waals surface area contributed by atoms with Gasteiger partial charge in [-0.1, -0.05) is 151 Å². The highest BCUT2D eigenvalue weighted by Gasteiger charge is 2.34. The summed E-state index contributed by atoms with van der Waals surface area (Å²) in [7, 11) is -3.75. The van der Waals surface area contributed by atoms with Crippen LogP contribution in [0.15, 0.2) is 60.7 Å². The first-order chi connectivity index (χ1) is 26.5. The summed E-state index contributed by atoms with van der Waals surface area (Å²) in [6, 6.07) is 18.7. The molecule has 306 valence electrons. The van der Waals surface area contributed by atoms with Crippen LogP contribution in [-0.2, 0) is 55.4 Å². The standard InChI is InChI=1S/C44H71O9P/c1-3-5-6-7-8-9-10-11-12-13-14-15-16-23-32-49-34-25-36-53-54(47,52-35-24-33-48-4-2)39-42(44(46)51-38-41-28-21-18-22-29-41)30-31-43(45)50-37-40-26-19-17-20-27-40/h17-22,26-29,42H,3-16,23-25,30-39H2,1-2H3. The molecule has 54 heavy (non-hydrogen) atoms. The van der Waals surface area contributed by atoms with Crippen LogP contribution in [0.25, 0.3) is 0 Å². The monoisotopic (exact) mass is 774 g/mol. The van der Waals surface area contributed by atoms with E-state index in [0.29, 0.717) is 39.3 Å². The molecule has 2 aromatic carbocycles. The zero-order chi connectivity index (χ0) is 38.8. The average Bonchev–Trinajstić information content (AvgIpc) is 3.19. The van der Waals surface area contributed by atoms with Crippen LogP contribution in [0, 0.1) is 5.92 Å². The molecular weight excluding hydrogens is 703 g/mol. The number of carbonyl (C=O) groups excluding carboxylic acids is 2. The number of esters is 2. The minimum Gasteiger partial charge on any atom is -0.461 e. The molecule has 2 rings (SSSR count). The van der Waals surface area contributed by atoms with E-state index < -0.39 is 25.5 Å². The zero-order valence-electron chi connectivity index (χ0n) is 33.6. The maximum Gasteiger partial charge on any atom is 0.331 e. The Morgan fingerprint density at radius 2 is 1.02 bits per heavy atom. The normalized spacial score (nSPS) is 13.0. The fourth-order valence-corrected chi connectivity index (χ4v) is 7.99. The molecule has 2 atom stereocenters. The van der Waals surface area contributed by atoms with Crippen molar-refractivity contribution < 1.29 is 42.1 Å². The van der Waals surface area contributed by atoms with Crippen LogP contribution < -0.4 is 0 Å². The maximum absolute atomic E-state index is 14.1. The third kappa shape index (κ3) is 25.5. The molecule has 9 nitrogen and oxygen atoms in total. The molecule has 0 aliphatic carbocycles. The third-order valence-corrected chi connectivity index (χ3v) is 11.3. The number of benzene rings is 2. The van der Waals surface area contributed by atoms with Crippen LogP contribution in [0.1, 0.15) is 141 Å². The molecule has 0 saturated carbocycles. The fraction of sp³-hybridized carbons (Fsp3) is 0.682.